The number of nitrogens with one attached hydrogen (secondary N) is 1. The molecule has 1 atom stereocenters. The highest BCUT2D eigenvalue weighted by Crippen LogP contribution is 2.24. The lowest BCUT2D eigenvalue weighted by atomic mass is 9.97. The van der Waals surface area contributed by atoms with Gasteiger partial charge in [0.1, 0.15) is 5.82 Å². The van der Waals surface area contributed by atoms with E-state index >= 15 is 0 Å². The third-order valence-electron chi connectivity index (χ3n) is 2.25. The van der Waals surface area contributed by atoms with Gasteiger partial charge in [-0.05, 0) is 24.5 Å². The highest BCUT2D eigenvalue weighted by atomic mass is 35.5. The van der Waals surface area contributed by atoms with Gasteiger partial charge in [0.25, 0.3) is 0 Å². The number of hydrogen-bond donors (Lipinski definition) is 2. The third-order valence-corrected chi connectivity index (χ3v) is 2.48. The first-order chi connectivity index (χ1) is 7.04. The molecule has 0 spiro atoms. The summed E-state index contributed by atoms with van der Waals surface area (Å²) in [5.41, 5.74) is 3.19. The Labute approximate surface area is 94.6 Å². The van der Waals surface area contributed by atoms with Crippen molar-refractivity contribution >= 4 is 11.6 Å². The molecule has 15 heavy (non-hydrogen) atoms. The molecule has 84 valence electrons. The van der Waals surface area contributed by atoms with E-state index in [1.165, 1.54) is 6.07 Å². The van der Waals surface area contributed by atoms with Gasteiger partial charge in [-0.1, -0.05) is 31.5 Å². The van der Waals surface area contributed by atoms with Crippen molar-refractivity contribution in [3.63, 3.8) is 0 Å². The smallest absolute Gasteiger partial charge is 0.129 e. The maximum atomic E-state index is 13.6. The highest BCUT2D eigenvalue weighted by Gasteiger charge is 2.15. The van der Waals surface area contributed by atoms with Gasteiger partial charge in [0.05, 0.1) is 0 Å². The van der Waals surface area contributed by atoms with Crippen LogP contribution in [0.25, 0.3) is 0 Å². The Balaban J connectivity index is 2.91. The number of hydrazine groups is 1. The molecule has 2 nitrogen and oxygen atoms in total. The monoisotopic (exact) mass is 230 g/mol. The van der Waals surface area contributed by atoms with Crippen molar-refractivity contribution in [3.8, 4) is 0 Å². The molecule has 0 aliphatic rings. The predicted octanol–water partition coefficient (Wildman–Crippen LogP) is 3.03. The Morgan fingerprint density at radius 2 is 2.13 bits per heavy atom. The molecule has 1 unspecified atom stereocenters. The number of halogens is 2. The van der Waals surface area contributed by atoms with Gasteiger partial charge < -0.3 is 0 Å². The van der Waals surface area contributed by atoms with Crippen LogP contribution in [0.4, 0.5) is 4.39 Å². The van der Waals surface area contributed by atoms with Crippen molar-refractivity contribution in [2.45, 2.75) is 26.3 Å². The first-order valence-electron chi connectivity index (χ1n) is 4.95. The molecule has 0 aromatic heterocycles. The van der Waals surface area contributed by atoms with Crippen molar-refractivity contribution in [3.05, 3.63) is 34.6 Å². The predicted molar refractivity (Wildman–Crippen MR) is 60.9 cm³/mol. The summed E-state index contributed by atoms with van der Waals surface area (Å²) in [6, 6.07) is 4.49. The molecule has 0 bridgehead atoms. The van der Waals surface area contributed by atoms with Crippen molar-refractivity contribution in [1.82, 2.24) is 5.43 Å². The van der Waals surface area contributed by atoms with Crippen LogP contribution in [-0.2, 0) is 0 Å². The SMILES string of the molecule is CC(C)CC(NN)c1ccc(Cl)cc1F. The Kier molecular flexibility index (Phi) is 4.51. The zero-order valence-corrected chi connectivity index (χ0v) is 9.68. The summed E-state index contributed by atoms with van der Waals surface area (Å²) in [7, 11) is 0. The van der Waals surface area contributed by atoms with Gasteiger partial charge in [0.2, 0.25) is 0 Å². The fourth-order valence-corrected chi connectivity index (χ4v) is 1.70. The maximum Gasteiger partial charge on any atom is 0.129 e. The molecule has 0 saturated carbocycles. The summed E-state index contributed by atoms with van der Waals surface area (Å²) < 4.78 is 13.6. The van der Waals surface area contributed by atoms with Crippen LogP contribution in [0.2, 0.25) is 5.02 Å². The van der Waals surface area contributed by atoms with E-state index in [1.54, 1.807) is 12.1 Å². The molecule has 1 aromatic carbocycles. The van der Waals surface area contributed by atoms with E-state index < -0.39 is 0 Å². The average Bonchev–Trinajstić information content (AvgIpc) is 2.14. The molecule has 0 aliphatic heterocycles. The maximum absolute atomic E-state index is 13.6. The second kappa shape index (κ2) is 5.45. The number of hydrogen-bond acceptors (Lipinski definition) is 2. The van der Waals surface area contributed by atoms with E-state index in [4.69, 9.17) is 17.4 Å². The third kappa shape index (κ3) is 3.45. The van der Waals surface area contributed by atoms with Crippen molar-refractivity contribution in [2.75, 3.05) is 0 Å². The van der Waals surface area contributed by atoms with Gasteiger partial charge in [0.15, 0.2) is 0 Å². The van der Waals surface area contributed by atoms with Gasteiger partial charge in [-0.25, -0.2) is 4.39 Å². The standard InChI is InChI=1S/C11H16ClFN2/c1-7(2)5-11(15-14)9-4-3-8(12)6-10(9)13/h3-4,6-7,11,15H,5,14H2,1-2H3. The lowest BCUT2D eigenvalue weighted by molar-refractivity contribution is 0.423. The molecule has 0 heterocycles. The summed E-state index contributed by atoms with van der Waals surface area (Å²) in [6.07, 6.45) is 0.787. The number of benzene rings is 1. The topological polar surface area (TPSA) is 38.0 Å². The lowest BCUT2D eigenvalue weighted by Gasteiger charge is -2.19. The van der Waals surface area contributed by atoms with Crippen LogP contribution in [0.5, 0.6) is 0 Å². The van der Waals surface area contributed by atoms with Crippen LogP contribution in [-0.4, -0.2) is 0 Å². The molecule has 4 heteroatoms. The summed E-state index contributed by atoms with van der Waals surface area (Å²) in [5, 5.41) is 0.400. The van der Waals surface area contributed by atoms with Crippen LogP contribution < -0.4 is 11.3 Å². The quantitative estimate of drug-likeness (QED) is 0.617. The van der Waals surface area contributed by atoms with Crippen LogP contribution in [0.1, 0.15) is 31.9 Å². The Morgan fingerprint density at radius 1 is 1.47 bits per heavy atom. The minimum absolute atomic E-state index is 0.165. The molecule has 0 aliphatic carbocycles. The molecule has 0 fully saturated rings. The minimum Gasteiger partial charge on any atom is -0.271 e. The first-order valence-corrected chi connectivity index (χ1v) is 5.33. The summed E-state index contributed by atoms with van der Waals surface area (Å²) in [4.78, 5) is 0. The molecule has 0 radical (unpaired) electrons. The Bertz CT molecular complexity index is 328. The zero-order chi connectivity index (χ0) is 11.4. The second-order valence-electron chi connectivity index (χ2n) is 4.01. The molecule has 1 aromatic rings. The zero-order valence-electron chi connectivity index (χ0n) is 8.93. The fraction of sp³-hybridized carbons (Fsp3) is 0.455. The van der Waals surface area contributed by atoms with E-state index in [1.807, 2.05) is 0 Å². The van der Waals surface area contributed by atoms with E-state index in [9.17, 15) is 4.39 Å². The molecular formula is C11H16ClFN2. The van der Waals surface area contributed by atoms with E-state index in [2.05, 4.69) is 19.3 Å². The van der Waals surface area contributed by atoms with Crippen LogP contribution in [0.3, 0.4) is 0 Å². The minimum atomic E-state index is -0.314. The molecular weight excluding hydrogens is 215 g/mol. The number of rotatable bonds is 4. The van der Waals surface area contributed by atoms with E-state index in [0.717, 1.165) is 6.42 Å². The second-order valence-corrected chi connectivity index (χ2v) is 4.45. The Hall–Kier alpha value is -0.640. The van der Waals surface area contributed by atoms with Crippen molar-refractivity contribution < 1.29 is 4.39 Å². The van der Waals surface area contributed by atoms with Crippen LogP contribution in [0, 0.1) is 11.7 Å². The fourth-order valence-electron chi connectivity index (χ4n) is 1.54. The van der Waals surface area contributed by atoms with Crippen molar-refractivity contribution in [1.29, 1.82) is 0 Å². The highest BCUT2D eigenvalue weighted by molar-refractivity contribution is 6.30. The summed E-state index contributed by atoms with van der Waals surface area (Å²) in [5.74, 6) is 5.54. The lowest BCUT2D eigenvalue weighted by Crippen LogP contribution is -2.29. The van der Waals surface area contributed by atoms with Crippen LogP contribution >= 0.6 is 11.6 Å². The number of nitrogens with two attached hydrogens (primary N) is 1. The van der Waals surface area contributed by atoms with Gasteiger partial charge in [-0.2, -0.15) is 0 Å². The van der Waals surface area contributed by atoms with Gasteiger partial charge in [0, 0.05) is 16.6 Å². The average molecular weight is 231 g/mol. The largest absolute Gasteiger partial charge is 0.271 e. The van der Waals surface area contributed by atoms with E-state index in [0.29, 0.717) is 16.5 Å². The van der Waals surface area contributed by atoms with Gasteiger partial charge >= 0.3 is 0 Å². The molecule has 1 rings (SSSR count). The van der Waals surface area contributed by atoms with Crippen LogP contribution in [0.15, 0.2) is 18.2 Å². The summed E-state index contributed by atoms with van der Waals surface area (Å²) >= 11 is 5.68. The molecule has 0 amide bonds. The van der Waals surface area contributed by atoms with Gasteiger partial charge in [-0.15, -0.1) is 0 Å². The Morgan fingerprint density at radius 3 is 2.60 bits per heavy atom. The molecule has 0 saturated heterocycles. The van der Waals surface area contributed by atoms with Gasteiger partial charge in [-0.3, -0.25) is 11.3 Å². The van der Waals surface area contributed by atoms with Crippen molar-refractivity contribution in [2.24, 2.45) is 11.8 Å². The van der Waals surface area contributed by atoms with E-state index in [-0.39, 0.29) is 11.9 Å². The molecule has 3 N–H and O–H groups in total. The summed E-state index contributed by atoms with van der Waals surface area (Å²) in [6.45, 7) is 4.14. The first kappa shape index (κ1) is 12.4. The normalized spacial score (nSPS) is 13.2.